The molecule has 2 unspecified atom stereocenters. The number of rotatable bonds is 3. The number of hydrogen-bond acceptors (Lipinski definition) is 2. The Morgan fingerprint density at radius 3 is 2.45 bits per heavy atom. The fourth-order valence-electron chi connectivity index (χ4n) is 3.77. The number of likely N-dealkylation sites (tertiary alicyclic amines) is 1. The van der Waals surface area contributed by atoms with Gasteiger partial charge in [0.2, 0.25) is 0 Å². The van der Waals surface area contributed by atoms with Gasteiger partial charge in [0, 0.05) is 25.7 Å². The van der Waals surface area contributed by atoms with Gasteiger partial charge in [-0.05, 0) is 51.0 Å². The van der Waals surface area contributed by atoms with E-state index in [2.05, 4.69) is 23.6 Å². The summed E-state index contributed by atoms with van der Waals surface area (Å²) in [7, 11) is 0. The summed E-state index contributed by atoms with van der Waals surface area (Å²) in [6.45, 7) is 7.77. The van der Waals surface area contributed by atoms with Crippen LogP contribution in [0, 0.1) is 11.8 Å². The van der Waals surface area contributed by atoms with Crippen molar-refractivity contribution in [3.05, 3.63) is 0 Å². The van der Waals surface area contributed by atoms with Crippen LogP contribution in [0.4, 0.5) is 4.79 Å². The second kappa shape index (κ2) is 7.30. The molecule has 0 radical (unpaired) electrons. The summed E-state index contributed by atoms with van der Waals surface area (Å²) in [5, 5.41) is 0. The Balaban J connectivity index is 2.00. The summed E-state index contributed by atoms with van der Waals surface area (Å²) in [5.41, 5.74) is 5.93. The van der Waals surface area contributed by atoms with Crippen molar-refractivity contribution in [2.75, 3.05) is 26.2 Å². The molecule has 0 spiro atoms. The van der Waals surface area contributed by atoms with Gasteiger partial charge in [0.15, 0.2) is 0 Å². The van der Waals surface area contributed by atoms with Crippen LogP contribution in [-0.4, -0.2) is 48.1 Å². The zero-order valence-electron chi connectivity index (χ0n) is 13.2. The maximum Gasteiger partial charge on any atom is 0.320 e. The number of amides is 2. The average molecular weight is 281 g/mol. The predicted octanol–water partition coefficient (Wildman–Crippen LogP) is 2.68. The molecule has 1 saturated heterocycles. The van der Waals surface area contributed by atoms with Crippen LogP contribution in [0.2, 0.25) is 0 Å². The molecule has 0 aromatic heterocycles. The van der Waals surface area contributed by atoms with E-state index in [1.807, 2.05) is 0 Å². The first kappa shape index (κ1) is 15.6. The molecule has 2 atom stereocenters. The molecule has 116 valence electrons. The molecule has 1 saturated carbocycles. The Bertz CT molecular complexity index is 313. The van der Waals surface area contributed by atoms with E-state index in [4.69, 9.17) is 5.73 Å². The molecule has 1 aliphatic heterocycles. The van der Waals surface area contributed by atoms with Crippen molar-refractivity contribution in [2.45, 2.75) is 58.4 Å². The van der Waals surface area contributed by atoms with Crippen LogP contribution in [0.5, 0.6) is 0 Å². The van der Waals surface area contributed by atoms with Crippen LogP contribution in [0.15, 0.2) is 0 Å². The van der Waals surface area contributed by atoms with Gasteiger partial charge in [-0.15, -0.1) is 0 Å². The van der Waals surface area contributed by atoms with E-state index in [1.165, 1.54) is 19.3 Å². The Hall–Kier alpha value is -0.770. The second-order valence-electron chi connectivity index (χ2n) is 6.59. The van der Waals surface area contributed by atoms with Crippen LogP contribution in [0.25, 0.3) is 0 Å². The zero-order valence-corrected chi connectivity index (χ0v) is 13.2. The molecule has 0 aromatic rings. The molecule has 2 fully saturated rings. The van der Waals surface area contributed by atoms with E-state index in [0.29, 0.717) is 18.5 Å². The third-order valence-electron chi connectivity index (χ3n) is 5.21. The summed E-state index contributed by atoms with van der Waals surface area (Å²) in [4.78, 5) is 17.0. The quantitative estimate of drug-likeness (QED) is 0.864. The lowest BCUT2D eigenvalue weighted by atomic mass is 9.83. The van der Waals surface area contributed by atoms with E-state index in [9.17, 15) is 4.79 Å². The standard InChI is InChI=1S/C16H31N3O/c1-3-19(15-7-5-4-6-14(15)12-17)16(20)18-10-8-13(2)9-11-18/h13-15H,3-12,17H2,1-2H3. The van der Waals surface area contributed by atoms with E-state index < -0.39 is 0 Å². The Labute approximate surface area is 123 Å². The number of piperidine rings is 1. The van der Waals surface area contributed by atoms with Crippen molar-refractivity contribution in [3.8, 4) is 0 Å². The number of carbonyl (C=O) groups is 1. The maximum absolute atomic E-state index is 12.8. The lowest BCUT2D eigenvalue weighted by Crippen LogP contribution is -2.54. The smallest absolute Gasteiger partial charge is 0.320 e. The molecule has 2 N–H and O–H groups in total. The zero-order chi connectivity index (χ0) is 14.5. The molecule has 4 nitrogen and oxygen atoms in total. The number of nitrogens with zero attached hydrogens (tertiary/aromatic N) is 2. The number of nitrogens with two attached hydrogens (primary N) is 1. The molecule has 2 amide bonds. The Morgan fingerprint density at radius 2 is 1.85 bits per heavy atom. The first-order valence-electron chi connectivity index (χ1n) is 8.43. The van der Waals surface area contributed by atoms with Gasteiger partial charge in [-0.25, -0.2) is 4.79 Å². The van der Waals surface area contributed by atoms with Crippen molar-refractivity contribution in [1.29, 1.82) is 0 Å². The van der Waals surface area contributed by atoms with Crippen molar-refractivity contribution in [2.24, 2.45) is 17.6 Å². The van der Waals surface area contributed by atoms with Crippen LogP contribution >= 0.6 is 0 Å². The monoisotopic (exact) mass is 281 g/mol. The summed E-state index contributed by atoms with van der Waals surface area (Å²) in [5.74, 6) is 1.26. The largest absolute Gasteiger partial charge is 0.330 e. The highest BCUT2D eigenvalue weighted by Crippen LogP contribution is 2.29. The van der Waals surface area contributed by atoms with Crippen LogP contribution in [0.1, 0.15) is 52.4 Å². The van der Waals surface area contributed by atoms with E-state index in [1.54, 1.807) is 0 Å². The molecule has 1 heterocycles. The number of hydrogen-bond donors (Lipinski definition) is 1. The topological polar surface area (TPSA) is 49.6 Å². The minimum absolute atomic E-state index is 0.254. The van der Waals surface area contributed by atoms with E-state index >= 15 is 0 Å². The van der Waals surface area contributed by atoms with Crippen molar-refractivity contribution in [1.82, 2.24) is 9.80 Å². The normalized spacial score (nSPS) is 28.4. The lowest BCUT2D eigenvalue weighted by Gasteiger charge is -2.42. The Kier molecular flexibility index (Phi) is 5.70. The SMILES string of the molecule is CCN(C(=O)N1CCC(C)CC1)C1CCCCC1CN. The minimum Gasteiger partial charge on any atom is -0.330 e. The fourth-order valence-corrected chi connectivity index (χ4v) is 3.77. The predicted molar refractivity (Wildman–Crippen MR) is 82.5 cm³/mol. The van der Waals surface area contributed by atoms with Crippen LogP contribution in [0.3, 0.4) is 0 Å². The van der Waals surface area contributed by atoms with Gasteiger partial charge in [0.25, 0.3) is 0 Å². The molecule has 20 heavy (non-hydrogen) atoms. The second-order valence-corrected chi connectivity index (χ2v) is 6.59. The van der Waals surface area contributed by atoms with E-state index in [0.717, 1.165) is 44.8 Å². The third kappa shape index (κ3) is 3.46. The molecular weight excluding hydrogens is 250 g/mol. The lowest BCUT2D eigenvalue weighted by molar-refractivity contribution is 0.0892. The van der Waals surface area contributed by atoms with E-state index in [-0.39, 0.29) is 6.03 Å². The Morgan fingerprint density at radius 1 is 1.20 bits per heavy atom. The van der Waals surface area contributed by atoms with Crippen LogP contribution < -0.4 is 5.73 Å². The molecular formula is C16H31N3O. The maximum atomic E-state index is 12.8. The molecule has 4 heteroatoms. The summed E-state index contributed by atoms with van der Waals surface area (Å²) < 4.78 is 0. The first-order valence-corrected chi connectivity index (χ1v) is 8.43. The minimum atomic E-state index is 0.254. The summed E-state index contributed by atoms with van der Waals surface area (Å²) >= 11 is 0. The highest BCUT2D eigenvalue weighted by atomic mass is 16.2. The molecule has 0 bridgehead atoms. The molecule has 1 aliphatic carbocycles. The van der Waals surface area contributed by atoms with Crippen molar-refractivity contribution < 1.29 is 4.79 Å². The van der Waals surface area contributed by atoms with Gasteiger partial charge >= 0.3 is 6.03 Å². The summed E-state index contributed by atoms with van der Waals surface area (Å²) in [6.07, 6.45) is 7.11. The van der Waals surface area contributed by atoms with Crippen molar-refractivity contribution in [3.63, 3.8) is 0 Å². The molecule has 2 aliphatic rings. The first-order chi connectivity index (χ1) is 9.67. The van der Waals surface area contributed by atoms with Gasteiger partial charge in [-0.3, -0.25) is 0 Å². The van der Waals surface area contributed by atoms with Gasteiger partial charge in [-0.2, -0.15) is 0 Å². The van der Waals surface area contributed by atoms with Crippen molar-refractivity contribution >= 4 is 6.03 Å². The van der Waals surface area contributed by atoms with Gasteiger partial charge in [0.1, 0.15) is 0 Å². The number of urea groups is 1. The fraction of sp³-hybridized carbons (Fsp3) is 0.938. The van der Waals surface area contributed by atoms with Gasteiger partial charge < -0.3 is 15.5 Å². The summed E-state index contributed by atoms with van der Waals surface area (Å²) in [6, 6.07) is 0.621. The highest BCUT2D eigenvalue weighted by molar-refractivity contribution is 5.75. The van der Waals surface area contributed by atoms with Gasteiger partial charge in [-0.1, -0.05) is 19.8 Å². The molecule has 0 aromatic carbocycles. The average Bonchev–Trinajstić information content (AvgIpc) is 2.49. The third-order valence-corrected chi connectivity index (χ3v) is 5.21. The molecule has 2 rings (SSSR count). The highest BCUT2D eigenvalue weighted by Gasteiger charge is 2.34. The van der Waals surface area contributed by atoms with Gasteiger partial charge in [0.05, 0.1) is 0 Å². The van der Waals surface area contributed by atoms with Crippen LogP contribution in [-0.2, 0) is 0 Å². The number of carbonyl (C=O) groups excluding carboxylic acids is 1.